The highest BCUT2D eigenvalue weighted by Gasteiger charge is 2.18. The van der Waals surface area contributed by atoms with Gasteiger partial charge in [-0.25, -0.2) is 0 Å². The van der Waals surface area contributed by atoms with Crippen molar-refractivity contribution in [3.05, 3.63) is 56.7 Å². The smallest absolute Gasteiger partial charge is 0.0453 e. The first kappa shape index (κ1) is 15.6. The van der Waals surface area contributed by atoms with Gasteiger partial charge in [0, 0.05) is 28.4 Å². The maximum atomic E-state index is 6.29. The van der Waals surface area contributed by atoms with Crippen LogP contribution in [-0.4, -0.2) is 6.04 Å². The minimum Gasteiger partial charge on any atom is -0.309 e. The van der Waals surface area contributed by atoms with Gasteiger partial charge in [-0.1, -0.05) is 36.7 Å². The summed E-state index contributed by atoms with van der Waals surface area (Å²) in [6.07, 6.45) is 1.15. The third-order valence-corrected chi connectivity index (χ3v) is 5.26. The van der Waals surface area contributed by atoms with E-state index in [1.807, 2.05) is 23.5 Å². The molecule has 0 spiro atoms. The molecule has 0 aliphatic heterocycles. The van der Waals surface area contributed by atoms with Crippen molar-refractivity contribution in [2.24, 2.45) is 0 Å². The van der Waals surface area contributed by atoms with E-state index in [4.69, 9.17) is 11.6 Å². The quantitative estimate of drug-likeness (QED) is 0.755. The molecule has 0 fully saturated rings. The predicted molar refractivity (Wildman–Crippen MR) is 89.8 cm³/mol. The van der Waals surface area contributed by atoms with Gasteiger partial charge < -0.3 is 5.32 Å². The summed E-state index contributed by atoms with van der Waals surface area (Å²) in [6.45, 7) is 7.46. The van der Waals surface area contributed by atoms with Crippen LogP contribution in [0.2, 0.25) is 5.02 Å². The Kier molecular flexibility index (Phi) is 5.64. The maximum Gasteiger partial charge on any atom is 0.0453 e. The summed E-state index contributed by atoms with van der Waals surface area (Å²) in [5.41, 5.74) is 2.46. The molecule has 0 radical (unpaired) electrons. The molecule has 1 nitrogen and oxygen atoms in total. The van der Waals surface area contributed by atoms with Gasteiger partial charge in [0.1, 0.15) is 0 Å². The zero-order valence-electron chi connectivity index (χ0n) is 12.3. The van der Waals surface area contributed by atoms with Gasteiger partial charge in [0.2, 0.25) is 0 Å². The molecule has 0 amide bonds. The van der Waals surface area contributed by atoms with Gasteiger partial charge in [-0.15, -0.1) is 11.3 Å². The molecule has 1 heterocycles. The van der Waals surface area contributed by atoms with Crippen molar-refractivity contribution < 1.29 is 0 Å². The molecule has 0 aliphatic rings. The Labute approximate surface area is 131 Å². The fraction of sp³-hybridized carbons (Fsp3) is 0.412. The van der Waals surface area contributed by atoms with Crippen LogP contribution in [0.3, 0.4) is 0 Å². The van der Waals surface area contributed by atoms with Gasteiger partial charge in [-0.2, -0.15) is 0 Å². The second kappa shape index (κ2) is 7.26. The maximum absolute atomic E-state index is 6.29. The first-order valence-corrected chi connectivity index (χ1v) is 8.40. The molecule has 1 aromatic heterocycles. The van der Waals surface area contributed by atoms with Crippen molar-refractivity contribution in [2.45, 2.75) is 45.7 Å². The average Bonchev–Trinajstić information content (AvgIpc) is 2.93. The topological polar surface area (TPSA) is 12.0 Å². The van der Waals surface area contributed by atoms with Crippen molar-refractivity contribution in [1.82, 2.24) is 5.32 Å². The lowest BCUT2D eigenvalue weighted by Crippen LogP contribution is -2.31. The summed E-state index contributed by atoms with van der Waals surface area (Å²) in [7, 11) is 0. The third-order valence-electron chi connectivity index (χ3n) is 3.91. The summed E-state index contributed by atoms with van der Waals surface area (Å²) < 4.78 is 0. The highest BCUT2D eigenvalue weighted by atomic mass is 35.5. The Bertz CT molecular complexity index is 516. The molecule has 0 saturated heterocycles. The van der Waals surface area contributed by atoms with Crippen molar-refractivity contribution in [3.8, 4) is 0 Å². The van der Waals surface area contributed by atoms with Gasteiger partial charge in [-0.05, 0) is 48.9 Å². The fourth-order valence-electron chi connectivity index (χ4n) is 2.60. The van der Waals surface area contributed by atoms with Crippen molar-refractivity contribution in [3.63, 3.8) is 0 Å². The molecule has 2 unspecified atom stereocenters. The summed E-state index contributed by atoms with van der Waals surface area (Å²) in [6, 6.07) is 10.9. The molecule has 1 aromatic carbocycles. The van der Waals surface area contributed by atoms with Crippen LogP contribution in [0, 0.1) is 6.92 Å². The molecule has 0 aliphatic carbocycles. The Morgan fingerprint density at radius 2 is 2.05 bits per heavy atom. The molecular formula is C17H22ClNS. The number of thiophene rings is 1. The van der Waals surface area contributed by atoms with Gasteiger partial charge in [0.15, 0.2) is 0 Å². The third kappa shape index (κ3) is 3.63. The highest BCUT2D eigenvalue weighted by molar-refractivity contribution is 7.10. The second-order valence-electron chi connectivity index (χ2n) is 5.24. The first-order valence-electron chi connectivity index (χ1n) is 7.14. The van der Waals surface area contributed by atoms with Crippen LogP contribution in [0.15, 0.2) is 35.7 Å². The molecule has 0 saturated carbocycles. The van der Waals surface area contributed by atoms with E-state index < -0.39 is 0 Å². The monoisotopic (exact) mass is 307 g/mol. The molecule has 20 heavy (non-hydrogen) atoms. The molecule has 2 atom stereocenters. The van der Waals surface area contributed by atoms with E-state index in [0.29, 0.717) is 12.0 Å². The lowest BCUT2D eigenvalue weighted by molar-refractivity contribution is 0.453. The molecule has 1 N–H and O–H groups in total. The van der Waals surface area contributed by atoms with Crippen molar-refractivity contribution >= 4 is 22.9 Å². The molecule has 2 rings (SSSR count). The number of hydrogen-bond acceptors (Lipinski definition) is 2. The van der Waals surface area contributed by atoms with Gasteiger partial charge >= 0.3 is 0 Å². The van der Waals surface area contributed by atoms with E-state index in [1.165, 1.54) is 16.0 Å². The lowest BCUT2D eigenvalue weighted by Gasteiger charge is -2.23. The second-order valence-corrected chi connectivity index (χ2v) is 6.62. The van der Waals surface area contributed by atoms with E-state index in [-0.39, 0.29) is 0 Å². The minimum atomic E-state index is 0.439. The van der Waals surface area contributed by atoms with Crippen LogP contribution in [0.1, 0.15) is 42.2 Å². The predicted octanol–water partition coefficient (Wildman–Crippen LogP) is 5.38. The Morgan fingerprint density at radius 1 is 1.25 bits per heavy atom. The number of nitrogens with one attached hydrogen (secondary N) is 1. The molecule has 2 aromatic rings. The zero-order valence-corrected chi connectivity index (χ0v) is 13.9. The molecule has 3 heteroatoms. The van der Waals surface area contributed by atoms with Crippen LogP contribution in [0.4, 0.5) is 0 Å². The van der Waals surface area contributed by atoms with Crippen LogP contribution in [-0.2, 0) is 6.54 Å². The van der Waals surface area contributed by atoms with Gasteiger partial charge in [0.25, 0.3) is 0 Å². The van der Waals surface area contributed by atoms with Crippen LogP contribution < -0.4 is 5.32 Å². The number of halogens is 1. The number of hydrogen-bond donors (Lipinski definition) is 1. The number of aryl methyl sites for hydroxylation is 1. The number of rotatable bonds is 6. The van der Waals surface area contributed by atoms with Gasteiger partial charge in [0.05, 0.1) is 0 Å². The zero-order chi connectivity index (χ0) is 14.5. The first-order chi connectivity index (χ1) is 9.63. The number of benzene rings is 1. The van der Waals surface area contributed by atoms with E-state index in [0.717, 1.165) is 18.0 Å². The normalized spacial score (nSPS) is 14.2. The van der Waals surface area contributed by atoms with Crippen LogP contribution >= 0.6 is 22.9 Å². The summed E-state index contributed by atoms with van der Waals surface area (Å²) in [4.78, 5) is 1.46. The minimum absolute atomic E-state index is 0.439. The van der Waals surface area contributed by atoms with E-state index in [9.17, 15) is 0 Å². The van der Waals surface area contributed by atoms with Crippen molar-refractivity contribution in [1.29, 1.82) is 0 Å². The Morgan fingerprint density at radius 3 is 2.65 bits per heavy atom. The largest absolute Gasteiger partial charge is 0.309 e. The molecule has 108 valence electrons. The Hall–Kier alpha value is -0.830. The summed E-state index contributed by atoms with van der Waals surface area (Å²) >= 11 is 8.13. The molecular weight excluding hydrogens is 286 g/mol. The summed E-state index contributed by atoms with van der Waals surface area (Å²) in [5.74, 6) is 0.567. The lowest BCUT2D eigenvalue weighted by atomic mass is 9.96. The van der Waals surface area contributed by atoms with Crippen molar-refractivity contribution in [2.75, 3.05) is 0 Å². The highest BCUT2D eigenvalue weighted by Crippen LogP contribution is 2.28. The SMILES string of the molecule is CCC(c1cccs1)C(C)NCc1c(C)cccc1Cl. The van der Waals surface area contributed by atoms with E-state index >= 15 is 0 Å². The van der Waals surface area contributed by atoms with Gasteiger partial charge in [-0.3, -0.25) is 0 Å². The summed E-state index contributed by atoms with van der Waals surface area (Å²) in [5, 5.41) is 6.65. The van der Waals surface area contributed by atoms with E-state index in [2.05, 4.69) is 49.7 Å². The fourth-order valence-corrected chi connectivity index (χ4v) is 3.90. The standard InChI is InChI=1S/C17H22ClNS/c1-4-14(17-9-6-10-20-17)13(3)19-11-15-12(2)7-5-8-16(15)18/h5-10,13-14,19H,4,11H2,1-3H3. The molecule has 0 bridgehead atoms. The average molecular weight is 308 g/mol. The van der Waals surface area contributed by atoms with Crippen LogP contribution in [0.5, 0.6) is 0 Å². The Balaban J connectivity index is 2.03. The van der Waals surface area contributed by atoms with E-state index in [1.54, 1.807) is 0 Å². The van der Waals surface area contributed by atoms with Crippen LogP contribution in [0.25, 0.3) is 0 Å².